The lowest BCUT2D eigenvalue weighted by Gasteiger charge is -2.34. The van der Waals surface area contributed by atoms with Crippen molar-refractivity contribution in [1.29, 1.82) is 0 Å². The summed E-state index contributed by atoms with van der Waals surface area (Å²) in [5.41, 5.74) is 1.41. The first-order chi connectivity index (χ1) is 11.8. The molecule has 0 bridgehead atoms. The van der Waals surface area contributed by atoms with Crippen molar-refractivity contribution in [3.63, 3.8) is 0 Å². The average molecular weight is 351 g/mol. The van der Waals surface area contributed by atoms with Crippen LogP contribution in [0, 0.1) is 5.92 Å². The summed E-state index contributed by atoms with van der Waals surface area (Å²) < 4.78 is 0. The lowest BCUT2D eigenvalue weighted by Crippen LogP contribution is -2.54. The maximum Gasteiger partial charge on any atom is 0.344 e. The molecule has 9 heteroatoms. The largest absolute Gasteiger partial charge is 0.344 e. The molecule has 1 aliphatic carbocycles. The van der Waals surface area contributed by atoms with Gasteiger partial charge in [-0.1, -0.05) is 6.92 Å². The molecule has 3 aliphatic rings. The Kier molecular flexibility index (Phi) is 4.68. The Labute approximate surface area is 146 Å². The third-order valence-electron chi connectivity index (χ3n) is 5.18. The first-order valence-electron chi connectivity index (χ1n) is 8.81. The summed E-state index contributed by atoms with van der Waals surface area (Å²) in [5, 5.41) is 3.35. The molecule has 2 aliphatic heterocycles. The highest BCUT2D eigenvalue weighted by molar-refractivity contribution is 6.07. The molecule has 2 N–H and O–H groups in total. The lowest BCUT2D eigenvalue weighted by molar-refractivity contribution is -0.140. The number of urea groups is 1. The summed E-state index contributed by atoms with van der Waals surface area (Å²) in [6.07, 6.45) is 2.43. The molecule has 0 aromatic heterocycles. The third-order valence-corrected chi connectivity index (χ3v) is 5.18. The van der Waals surface area contributed by atoms with E-state index in [0.717, 1.165) is 17.9 Å². The van der Waals surface area contributed by atoms with Crippen molar-refractivity contribution in [3.8, 4) is 0 Å². The number of hydrazine groups is 1. The molecule has 0 radical (unpaired) electrons. The van der Waals surface area contributed by atoms with Crippen molar-refractivity contribution in [1.82, 2.24) is 25.6 Å². The van der Waals surface area contributed by atoms with Gasteiger partial charge in [0.15, 0.2) is 0 Å². The Morgan fingerprint density at radius 1 is 1.20 bits per heavy atom. The molecule has 0 aromatic carbocycles. The highest BCUT2D eigenvalue weighted by Gasteiger charge is 2.47. The second-order valence-corrected chi connectivity index (χ2v) is 7.17. The molecular weight excluding hydrogens is 326 g/mol. The number of hydrogen-bond donors (Lipinski definition) is 2. The summed E-state index contributed by atoms with van der Waals surface area (Å²) in [5.74, 6) is -0.427. The highest BCUT2D eigenvalue weighted by Crippen LogP contribution is 2.31. The average Bonchev–Trinajstić information content (AvgIpc) is 3.41. The second kappa shape index (κ2) is 6.62. The van der Waals surface area contributed by atoms with Crippen molar-refractivity contribution in [2.45, 2.75) is 38.6 Å². The summed E-state index contributed by atoms with van der Waals surface area (Å²) >= 11 is 0. The molecule has 0 unspecified atom stereocenters. The van der Waals surface area contributed by atoms with Gasteiger partial charge in [-0.05, 0) is 26.2 Å². The number of rotatable bonds is 5. The van der Waals surface area contributed by atoms with Gasteiger partial charge in [-0.15, -0.1) is 0 Å². The fourth-order valence-corrected chi connectivity index (χ4v) is 3.10. The lowest BCUT2D eigenvalue weighted by atomic mass is 10.00. The Morgan fingerprint density at radius 2 is 1.84 bits per heavy atom. The van der Waals surface area contributed by atoms with E-state index in [0.29, 0.717) is 32.6 Å². The van der Waals surface area contributed by atoms with Crippen LogP contribution in [0.25, 0.3) is 0 Å². The van der Waals surface area contributed by atoms with E-state index in [9.17, 15) is 19.2 Å². The summed E-state index contributed by atoms with van der Waals surface area (Å²) in [4.78, 5) is 52.1. The number of carbonyl (C=O) groups excluding carboxylic acids is 4. The number of imide groups is 1. The van der Waals surface area contributed by atoms with Crippen LogP contribution in [0.2, 0.25) is 0 Å². The molecule has 1 atom stereocenters. The van der Waals surface area contributed by atoms with E-state index in [1.54, 1.807) is 13.8 Å². The molecule has 3 fully saturated rings. The quantitative estimate of drug-likeness (QED) is 0.637. The number of amides is 5. The molecule has 0 spiro atoms. The van der Waals surface area contributed by atoms with Crippen molar-refractivity contribution >= 4 is 23.8 Å². The topological polar surface area (TPSA) is 102 Å². The minimum atomic E-state index is -0.973. The van der Waals surface area contributed by atoms with Crippen LogP contribution in [0.4, 0.5) is 4.79 Å². The standard InChI is InChI=1S/C16H25N5O4/c1-3-16(2)14(24)21(15(25)17-16)18-12(22)10-19-6-8-20(9-7-19)13(23)11-4-5-11/h11H,3-10H2,1-2H3,(H,17,25)(H,18,22)/t16-/m0/s1. The maximum atomic E-state index is 12.3. The minimum absolute atomic E-state index is 0.0886. The van der Waals surface area contributed by atoms with Gasteiger partial charge in [-0.3, -0.25) is 24.7 Å². The van der Waals surface area contributed by atoms with Crippen LogP contribution >= 0.6 is 0 Å². The van der Waals surface area contributed by atoms with Gasteiger partial charge in [-0.2, -0.15) is 5.01 Å². The molecule has 5 amide bonds. The normalized spacial score (nSPS) is 27.4. The predicted octanol–water partition coefficient (Wildman–Crippen LogP) is -0.708. The summed E-state index contributed by atoms with van der Waals surface area (Å²) in [7, 11) is 0. The molecule has 2 saturated heterocycles. The zero-order chi connectivity index (χ0) is 18.2. The third kappa shape index (κ3) is 3.60. The van der Waals surface area contributed by atoms with Gasteiger partial charge in [0, 0.05) is 32.1 Å². The monoisotopic (exact) mass is 351 g/mol. The molecule has 0 aromatic rings. The SMILES string of the molecule is CC[C@]1(C)NC(=O)N(NC(=O)CN2CCN(C(=O)C3CC3)CC2)C1=O. The first-order valence-corrected chi connectivity index (χ1v) is 8.81. The van der Waals surface area contributed by atoms with E-state index in [-0.39, 0.29) is 18.4 Å². The molecule has 25 heavy (non-hydrogen) atoms. The van der Waals surface area contributed by atoms with E-state index in [2.05, 4.69) is 10.7 Å². The maximum absolute atomic E-state index is 12.3. The summed E-state index contributed by atoms with van der Waals surface area (Å²) in [6.45, 7) is 5.96. The van der Waals surface area contributed by atoms with Gasteiger partial charge in [0.05, 0.1) is 6.54 Å². The van der Waals surface area contributed by atoms with Gasteiger partial charge in [-0.25, -0.2) is 4.79 Å². The Balaban J connectivity index is 1.46. The minimum Gasteiger partial charge on any atom is -0.340 e. The van der Waals surface area contributed by atoms with E-state index >= 15 is 0 Å². The van der Waals surface area contributed by atoms with E-state index < -0.39 is 23.4 Å². The van der Waals surface area contributed by atoms with Crippen LogP contribution < -0.4 is 10.7 Å². The molecule has 3 rings (SSSR count). The zero-order valence-corrected chi connectivity index (χ0v) is 14.7. The van der Waals surface area contributed by atoms with Gasteiger partial charge in [0.1, 0.15) is 5.54 Å². The van der Waals surface area contributed by atoms with Crippen LogP contribution in [-0.4, -0.2) is 76.8 Å². The molecule has 2 heterocycles. The fourth-order valence-electron chi connectivity index (χ4n) is 3.10. The Bertz CT molecular complexity index is 597. The second-order valence-electron chi connectivity index (χ2n) is 7.17. The van der Waals surface area contributed by atoms with E-state index in [1.165, 1.54) is 0 Å². The molecule has 138 valence electrons. The number of nitrogens with one attached hydrogen (secondary N) is 2. The smallest absolute Gasteiger partial charge is 0.340 e. The van der Waals surface area contributed by atoms with Crippen molar-refractivity contribution in [2.24, 2.45) is 5.92 Å². The summed E-state index contributed by atoms with van der Waals surface area (Å²) in [6, 6.07) is -0.609. The number of hydrogen-bond acceptors (Lipinski definition) is 5. The van der Waals surface area contributed by atoms with Crippen LogP contribution in [-0.2, 0) is 14.4 Å². The zero-order valence-electron chi connectivity index (χ0n) is 14.7. The van der Waals surface area contributed by atoms with Crippen molar-refractivity contribution in [2.75, 3.05) is 32.7 Å². The van der Waals surface area contributed by atoms with Crippen LogP contribution in [0.3, 0.4) is 0 Å². The van der Waals surface area contributed by atoms with E-state index in [4.69, 9.17) is 0 Å². The fraction of sp³-hybridized carbons (Fsp3) is 0.750. The van der Waals surface area contributed by atoms with E-state index in [1.807, 2.05) is 9.80 Å². The van der Waals surface area contributed by atoms with Gasteiger partial charge in [0.25, 0.3) is 11.8 Å². The number of nitrogens with zero attached hydrogens (tertiary/aromatic N) is 3. The number of piperazine rings is 1. The Hall–Kier alpha value is -2.16. The van der Waals surface area contributed by atoms with Crippen LogP contribution in [0.5, 0.6) is 0 Å². The molecule has 1 saturated carbocycles. The van der Waals surface area contributed by atoms with Gasteiger partial charge >= 0.3 is 6.03 Å². The van der Waals surface area contributed by atoms with Gasteiger partial charge < -0.3 is 10.2 Å². The molecular formula is C16H25N5O4. The van der Waals surface area contributed by atoms with Crippen LogP contribution in [0.15, 0.2) is 0 Å². The highest BCUT2D eigenvalue weighted by atomic mass is 16.2. The molecule has 9 nitrogen and oxygen atoms in total. The number of carbonyl (C=O) groups is 4. The predicted molar refractivity (Wildman–Crippen MR) is 88.0 cm³/mol. The van der Waals surface area contributed by atoms with Crippen molar-refractivity contribution < 1.29 is 19.2 Å². The first kappa shape index (κ1) is 17.7. The van der Waals surface area contributed by atoms with Crippen LogP contribution in [0.1, 0.15) is 33.1 Å². The van der Waals surface area contributed by atoms with Gasteiger partial charge in [0.2, 0.25) is 5.91 Å². The van der Waals surface area contributed by atoms with Crippen molar-refractivity contribution in [3.05, 3.63) is 0 Å². The Morgan fingerprint density at radius 3 is 2.36 bits per heavy atom.